The highest BCUT2D eigenvalue weighted by atomic mass is 79.9. The van der Waals surface area contributed by atoms with Crippen molar-refractivity contribution in [3.63, 3.8) is 0 Å². The first-order valence-electron chi connectivity index (χ1n) is 7.69. The van der Waals surface area contributed by atoms with Crippen molar-refractivity contribution >= 4 is 15.9 Å². The molecule has 0 aliphatic heterocycles. The molecule has 4 nitrogen and oxygen atoms in total. The number of hydrogen-bond acceptors (Lipinski definition) is 3. The molecule has 0 amide bonds. The Bertz CT molecular complexity index is 416. The second-order valence-corrected chi connectivity index (χ2v) is 6.31. The Kier molecular flexibility index (Phi) is 6.05. The molecule has 0 aromatic carbocycles. The summed E-state index contributed by atoms with van der Waals surface area (Å²) in [6.45, 7) is 5.41. The van der Waals surface area contributed by atoms with Crippen LogP contribution in [0.15, 0.2) is 10.7 Å². The van der Waals surface area contributed by atoms with Crippen molar-refractivity contribution in [1.82, 2.24) is 9.78 Å². The fraction of sp³-hybridized carbons (Fsp3) is 0.800. The van der Waals surface area contributed by atoms with Crippen LogP contribution in [0, 0.1) is 5.92 Å². The van der Waals surface area contributed by atoms with E-state index in [4.69, 9.17) is 4.74 Å². The molecule has 1 heterocycles. The highest BCUT2D eigenvalue weighted by Gasteiger charge is 2.33. The number of aryl methyl sites for hydroxylation is 1. The van der Waals surface area contributed by atoms with Gasteiger partial charge in [-0.1, -0.05) is 19.3 Å². The predicted octanol–water partition coefficient (Wildman–Crippen LogP) is 3.68. The van der Waals surface area contributed by atoms with E-state index in [0.29, 0.717) is 12.5 Å². The average molecular weight is 345 g/mol. The molecule has 20 heavy (non-hydrogen) atoms. The molecule has 1 aliphatic carbocycles. The minimum absolute atomic E-state index is 0.126. The molecule has 1 aromatic rings. The summed E-state index contributed by atoms with van der Waals surface area (Å²) in [5.41, 5.74) is 0.844. The fourth-order valence-corrected chi connectivity index (χ4v) is 3.74. The van der Waals surface area contributed by atoms with Gasteiger partial charge in [0.2, 0.25) is 0 Å². The molecule has 1 saturated carbocycles. The summed E-state index contributed by atoms with van der Waals surface area (Å²) < 4.78 is 8.63. The molecule has 1 fully saturated rings. The van der Waals surface area contributed by atoms with Crippen LogP contribution in [0.25, 0.3) is 0 Å². The monoisotopic (exact) mass is 344 g/mol. The number of rotatable bonds is 6. The van der Waals surface area contributed by atoms with Gasteiger partial charge in [-0.25, -0.2) is 0 Å². The van der Waals surface area contributed by atoms with E-state index < -0.39 is 6.10 Å². The normalized spacial score (nSPS) is 20.0. The number of aliphatic hydroxyl groups is 1. The van der Waals surface area contributed by atoms with Crippen LogP contribution >= 0.6 is 15.9 Å². The van der Waals surface area contributed by atoms with Gasteiger partial charge in [-0.2, -0.15) is 5.10 Å². The first kappa shape index (κ1) is 16.0. The standard InChI is InChI=1S/C15H25BrN2O2/c1-3-18-13(12(16)10-17-18)14(19)15(20-4-2)11-8-6-5-7-9-11/h10-11,14-15,19H,3-9H2,1-2H3. The molecule has 1 N–H and O–H groups in total. The van der Waals surface area contributed by atoms with E-state index in [-0.39, 0.29) is 6.10 Å². The SMILES string of the molecule is CCOC(C1CCCCC1)C(O)c1c(Br)cnn1CC. The molecule has 0 bridgehead atoms. The highest BCUT2D eigenvalue weighted by molar-refractivity contribution is 9.10. The Morgan fingerprint density at radius 1 is 1.40 bits per heavy atom. The lowest BCUT2D eigenvalue weighted by atomic mass is 9.82. The lowest BCUT2D eigenvalue weighted by molar-refractivity contribution is -0.0770. The molecule has 1 aromatic heterocycles. The van der Waals surface area contributed by atoms with Crippen LogP contribution < -0.4 is 0 Å². The molecule has 0 spiro atoms. The van der Waals surface area contributed by atoms with Crippen LogP contribution in [0.5, 0.6) is 0 Å². The van der Waals surface area contributed by atoms with Crippen molar-refractivity contribution in [1.29, 1.82) is 0 Å². The van der Waals surface area contributed by atoms with Crippen molar-refractivity contribution in [2.45, 2.75) is 64.7 Å². The van der Waals surface area contributed by atoms with Crippen molar-refractivity contribution in [3.05, 3.63) is 16.4 Å². The number of halogens is 1. The number of nitrogens with zero attached hydrogens (tertiary/aromatic N) is 2. The highest BCUT2D eigenvalue weighted by Crippen LogP contribution is 2.36. The van der Waals surface area contributed by atoms with E-state index >= 15 is 0 Å². The molecule has 0 radical (unpaired) electrons. The average Bonchev–Trinajstić information content (AvgIpc) is 2.86. The topological polar surface area (TPSA) is 47.3 Å². The molecule has 2 rings (SSSR count). The van der Waals surface area contributed by atoms with E-state index in [0.717, 1.165) is 29.6 Å². The maximum atomic E-state index is 10.8. The third kappa shape index (κ3) is 3.43. The Balaban J connectivity index is 2.20. The number of aliphatic hydroxyl groups excluding tert-OH is 1. The van der Waals surface area contributed by atoms with Gasteiger partial charge in [0.05, 0.1) is 22.5 Å². The second kappa shape index (κ2) is 7.57. The smallest absolute Gasteiger partial charge is 0.123 e. The summed E-state index contributed by atoms with van der Waals surface area (Å²) in [6, 6.07) is 0. The molecule has 114 valence electrons. The molecule has 2 unspecified atom stereocenters. The molecular weight excluding hydrogens is 320 g/mol. The summed E-state index contributed by atoms with van der Waals surface area (Å²) in [6.07, 6.45) is 7.12. The van der Waals surface area contributed by atoms with Crippen molar-refractivity contribution in [2.75, 3.05) is 6.61 Å². The van der Waals surface area contributed by atoms with Gasteiger partial charge < -0.3 is 9.84 Å². The van der Waals surface area contributed by atoms with Gasteiger partial charge in [-0.05, 0) is 48.5 Å². The van der Waals surface area contributed by atoms with Crippen LogP contribution in [0.2, 0.25) is 0 Å². The largest absolute Gasteiger partial charge is 0.384 e. The number of hydrogen-bond donors (Lipinski definition) is 1. The van der Waals surface area contributed by atoms with Crippen molar-refractivity contribution in [3.8, 4) is 0 Å². The third-order valence-electron chi connectivity index (χ3n) is 4.20. The van der Waals surface area contributed by atoms with Crippen molar-refractivity contribution in [2.24, 2.45) is 5.92 Å². The van der Waals surface area contributed by atoms with Crippen LogP contribution in [0.3, 0.4) is 0 Å². The van der Waals surface area contributed by atoms with Crippen molar-refractivity contribution < 1.29 is 9.84 Å². The predicted molar refractivity (Wildman–Crippen MR) is 82.5 cm³/mol. The van der Waals surface area contributed by atoms with Gasteiger partial charge in [-0.15, -0.1) is 0 Å². The number of ether oxygens (including phenoxy) is 1. The molecule has 1 aliphatic rings. The zero-order valence-electron chi connectivity index (χ0n) is 12.4. The first-order chi connectivity index (χ1) is 9.69. The summed E-state index contributed by atoms with van der Waals surface area (Å²) in [5.74, 6) is 0.450. The van der Waals surface area contributed by atoms with E-state index in [1.807, 2.05) is 18.5 Å². The van der Waals surface area contributed by atoms with Gasteiger partial charge >= 0.3 is 0 Å². The molecule has 2 atom stereocenters. The summed E-state index contributed by atoms with van der Waals surface area (Å²) in [7, 11) is 0. The van der Waals surface area contributed by atoms with Gasteiger partial charge in [-0.3, -0.25) is 4.68 Å². The maximum Gasteiger partial charge on any atom is 0.123 e. The zero-order chi connectivity index (χ0) is 14.5. The van der Waals surface area contributed by atoms with Gasteiger partial charge in [0.1, 0.15) is 6.10 Å². The van der Waals surface area contributed by atoms with Gasteiger partial charge in [0, 0.05) is 13.2 Å². The maximum absolute atomic E-state index is 10.8. The molecular formula is C15H25BrN2O2. The minimum Gasteiger partial charge on any atom is -0.384 e. The second-order valence-electron chi connectivity index (χ2n) is 5.46. The van der Waals surface area contributed by atoms with E-state index in [9.17, 15) is 5.11 Å². The quantitative estimate of drug-likeness (QED) is 0.855. The Hall–Kier alpha value is -0.390. The summed E-state index contributed by atoms with van der Waals surface area (Å²) in [4.78, 5) is 0. The van der Waals surface area contributed by atoms with Crippen LogP contribution in [-0.4, -0.2) is 27.6 Å². The van der Waals surface area contributed by atoms with E-state index in [1.54, 1.807) is 6.20 Å². The Morgan fingerprint density at radius 2 is 2.10 bits per heavy atom. The number of aromatic nitrogens is 2. The fourth-order valence-electron chi connectivity index (χ4n) is 3.21. The Labute approximate surface area is 129 Å². The lowest BCUT2D eigenvalue weighted by Crippen LogP contribution is -2.33. The van der Waals surface area contributed by atoms with Gasteiger partial charge in [0.15, 0.2) is 0 Å². The minimum atomic E-state index is -0.616. The van der Waals surface area contributed by atoms with Gasteiger partial charge in [0.25, 0.3) is 0 Å². The lowest BCUT2D eigenvalue weighted by Gasteiger charge is -2.33. The Morgan fingerprint density at radius 3 is 2.70 bits per heavy atom. The summed E-state index contributed by atoms with van der Waals surface area (Å²) in [5, 5.41) is 15.1. The zero-order valence-corrected chi connectivity index (χ0v) is 14.0. The first-order valence-corrected chi connectivity index (χ1v) is 8.49. The van der Waals surface area contributed by atoms with Crippen LogP contribution in [-0.2, 0) is 11.3 Å². The van der Waals surface area contributed by atoms with E-state index in [1.165, 1.54) is 19.3 Å². The molecule has 0 saturated heterocycles. The summed E-state index contributed by atoms with van der Waals surface area (Å²) >= 11 is 3.50. The van der Waals surface area contributed by atoms with E-state index in [2.05, 4.69) is 21.0 Å². The molecule has 5 heteroatoms. The third-order valence-corrected chi connectivity index (χ3v) is 4.81. The van der Waals surface area contributed by atoms with Crippen LogP contribution in [0.4, 0.5) is 0 Å². The van der Waals surface area contributed by atoms with Crippen LogP contribution in [0.1, 0.15) is 57.7 Å².